The van der Waals surface area contributed by atoms with Crippen molar-refractivity contribution < 1.29 is 4.42 Å². The van der Waals surface area contributed by atoms with Crippen LogP contribution < -0.4 is 5.73 Å². The van der Waals surface area contributed by atoms with Gasteiger partial charge in [-0.1, -0.05) is 71.9 Å². The average molecular weight is 335 g/mol. The Hall–Kier alpha value is -2.22. The number of hydrogen-bond donors (Lipinski definition) is 1. The predicted octanol–water partition coefficient (Wildman–Crippen LogP) is 6.59. The molecule has 0 atom stereocenters. The monoisotopic (exact) mass is 335 g/mol. The second-order valence-electron chi connectivity index (χ2n) is 9.06. The first-order valence-electron chi connectivity index (χ1n) is 8.93. The van der Waals surface area contributed by atoms with E-state index in [0.29, 0.717) is 5.88 Å². The summed E-state index contributed by atoms with van der Waals surface area (Å²) in [5.74, 6) is 0.501. The highest BCUT2D eigenvalue weighted by Gasteiger charge is 2.27. The van der Waals surface area contributed by atoms with Crippen molar-refractivity contribution in [3.8, 4) is 11.1 Å². The molecule has 2 aromatic carbocycles. The van der Waals surface area contributed by atoms with Crippen LogP contribution in [0.1, 0.15) is 58.2 Å². The van der Waals surface area contributed by atoms with E-state index in [1.807, 2.05) is 0 Å². The number of nitrogens with two attached hydrogens (primary N) is 1. The minimum Gasteiger partial charge on any atom is -0.440 e. The average Bonchev–Trinajstić information content (AvgIpc) is 2.80. The van der Waals surface area contributed by atoms with Gasteiger partial charge in [0.1, 0.15) is 5.58 Å². The van der Waals surface area contributed by atoms with Crippen LogP contribution in [0.4, 0.5) is 5.88 Å². The van der Waals surface area contributed by atoms with Crippen LogP contribution in [0.25, 0.3) is 22.1 Å². The summed E-state index contributed by atoms with van der Waals surface area (Å²) in [5, 5.41) is 1.11. The Morgan fingerprint density at radius 1 is 0.880 bits per heavy atom. The number of rotatable bonds is 1. The molecular formula is C23H29NO. The molecule has 25 heavy (non-hydrogen) atoms. The summed E-state index contributed by atoms with van der Waals surface area (Å²) in [5.41, 5.74) is 13.2. The van der Waals surface area contributed by atoms with Gasteiger partial charge in [0, 0.05) is 10.9 Å². The van der Waals surface area contributed by atoms with Crippen molar-refractivity contribution >= 4 is 16.9 Å². The second-order valence-corrected chi connectivity index (χ2v) is 9.06. The SMILES string of the molecule is Cc1ccccc1-c1c(N)oc2c(C(C)(C)C)cc(C(C)(C)C)cc12. The zero-order valence-electron chi connectivity index (χ0n) is 16.4. The molecule has 0 unspecified atom stereocenters. The van der Waals surface area contributed by atoms with Crippen molar-refractivity contribution in [2.45, 2.75) is 59.3 Å². The zero-order valence-corrected chi connectivity index (χ0v) is 16.4. The minimum absolute atomic E-state index is 0.0210. The molecule has 2 heteroatoms. The van der Waals surface area contributed by atoms with Gasteiger partial charge < -0.3 is 10.2 Å². The molecule has 0 amide bonds. The smallest absolute Gasteiger partial charge is 0.199 e. The first-order chi connectivity index (χ1) is 11.5. The largest absolute Gasteiger partial charge is 0.440 e. The number of anilines is 1. The number of nitrogen functional groups attached to an aromatic ring is 1. The lowest BCUT2D eigenvalue weighted by molar-refractivity contribution is 0.555. The third-order valence-corrected chi connectivity index (χ3v) is 4.91. The molecule has 3 rings (SSSR count). The summed E-state index contributed by atoms with van der Waals surface area (Å²) in [6, 6.07) is 12.9. The minimum atomic E-state index is -0.0210. The fraction of sp³-hybridized carbons (Fsp3) is 0.391. The van der Waals surface area contributed by atoms with Gasteiger partial charge >= 0.3 is 0 Å². The third-order valence-electron chi connectivity index (χ3n) is 4.91. The molecule has 0 radical (unpaired) electrons. The highest BCUT2D eigenvalue weighted by atomic mass is 16.3. The van der Waals surface area contributed by atoms with Gasteiger partial charge in [0.05, 0.1) is 5.56 Å². The van der Waals surface area contributed by atoms with Gasteiger partial charge in [0.2, 0.25) is 0 Å². The maximum absolute atomic E-state index is 6.36. The predicted molar refractivity (Wildman–Crippen MR) is 108 cm³/mol. The van der Waals surface area contributed by atoms with E-state index in [2.05, 4.69) is 84.9 Å². The molecule has 2 nitrogen and oxygen atoms in total. The van der Waals surface area contributed by atoms with Crippen LogP contribution in [-0.4, -0.2) is 0 Å². The van der Waals surface area contributed by atoms with Gasteiger partial charge in [-0.25, -0.2) is 0 Å². The number of aryl methyl sites for hydroxylation is 1. The van der Waals surface area contributed by atoms with Crippen molar-refractivity contribution in [3.05, 3.63) is 53.1 Å². The number of hydrogen-bond acceptors (Lipinski definition) is 2. The quantitative estimate of drug-likeness (QED) is 0.545. The van der Waals surface area contributed by atoms with Crippen molar-refractivity contribution in [1.29, 1.82) is 0 Å². The summed E-state index contributed by atoms with van der Waals surface area (Å²) in [4.78, 5) is 0. The maximum Gasteiger partial charge on any atom is 0.199 e. The Morgan fingerprint density at radius 2 is 1.52 bits per heavy atom. The van der Waals surface area contributed by atoms with Crippen molar-refractivity contribution in [2.24, 2.45) is 0 Å². The molecule has 1 aromatic heterocycles. The van der Waals surface area contributed by atoms with E-state index in [0.717, 1.165) is 22.1 Å². The first-order valence-corrected chi connectivity index (χ1v) is 8.93. The summed E-state index contributed by atoms with van der Waals surface area (Å²) >= 11 is 0. The highest BCUT2D eigenvalue weighted by Crippen LogP contribution is 2.44. The van der Waals surface area contributed by atoms with Crippen LogP contribution in [0.3, 0.4) is 0 Å². The van der Waals surface area contributed by atoms with Gasteiger partial charge in [0.25, 0.3) is 0 Å². The van der Waals surface area contributed by atoms with Crippen LogP contribution >= 0.6 is 0 Å². The molecule has 2 N–H and O–H groups in total. The van der Waals surface area contributed by atoms with E-state index in [1.54, 1.807) is 0 Å². The van der Waals surface area contributed by atoms with E-state index in [-0.39, 0.29) is 10.8 Å². The lowest BCUT2D eigenvalue weighted by Crippen LogP contribution is -2.16. The summed E-state index contributed by atoms with van der Waals surface area (Å²) in [6.07, 6.45) is 0. The number of fused-ring (bicyclic) bond motifs is 1. The van der Waals surface area contributed by atoms with Crippen LogP contribution in [-0.2, 0) is 10.8 Å². The summed E-state index contributed by atoms with van der Waals surface area (Å²) in [7, 11) is 0. The highest BCUT2D eigenvalue weighted by molar-refractivity contribution is 6.02. The fourth-order valence-corrected chi connectivity index (χ4v) is 3.34. The molecule has 132 valence electrons. The standard InChI is InChI=1S/C23H29NO/c1-14-10-8-9-11-16(14)19-17-12-15(22(2,3)4)13-18(23(5,6)7)20(17)25-21(19)24/h8-13H,24H2,1-7H3. The summed E-state index contributed by atoms with van der Waals surface area (Å²) < 4.78 is 6.11. The molecule has 0 saturated heterocycles. The molecular weight excluding hydrogens is 306 g/mol. The Kier molecular flexibility index (Phi) is 3.98. The lowest BCUT2D eigenvalue weighted by atomic mass is 9.79. The molecule has 0 bridgehead atoms. The number of benzene rings is 2. The second kappa shape index (κ2) is 5.66. The Morgan fingerprint density at radius 3 is 2.08 bits per heavy atom. The Bertz CT molecular complexity index is 933. The molecule has 0 aliphatic carbocycles. The molecule has 1 heterocycles. The van der Waals surface area contributed by atoms with Crippen LogP contribution in [0.2, 0.25) is 0 Å². The van der Waals surface area contributed by atoms with E-state index >= 15 is 0 Å². The first kappa shape index (κ1) is 17.6. The molecule has 0 aliphatic rings. The van der Waals surface area contributed by atoms with E-state index in [9.17, 15) is 0 Å². The molecule has 0 spiro atoms. The lowest BCUT2D eigenvalue weighted by Gasteiger charge is -2.25. The fourth-order valence-electron chi connectivity index (χ4n) is 3.34. The molecule has 0 saturated carbocycles. The van der Waals surface area contributed by atoms with E-state index in [1.165, 1.54) is 16.7 Å². The van der Waals surface area contributed by atoms with E-state index < -0.39 is 0 Å². The van der Waals surface area contributed by atoms with Crippen molar-refractivity contribution in [1.82, 2.24) is 0 Å². The summed E-state index contributed by atoms with van der Waals surface area (Å²) in [6.45, 7) is 15.5. The van der Waals surface area contributed by atoms with Gasteiger partial charge in [0.15, 0.2) is 5.88 Å². The van der Waals surface area contributed by atoms with Gasteiger partial charge in [-0.15, -0.1) is 0 Å². The number of furan rings is 1. The third kappa shape index (κ3) is 3.06. The van der Waals surface area contributed by atoms with E-state index in [4.69, 9.17) is 10.2 Å². The zero-order chi connectivity index (χ0) is 18.6. The molecule has 3 aromatic rings. The van der Waals surface area contributed by atoms with Gasteiger partial charge in [-0.2, -0.15) is 0 Å². The maximum atomic E-state index is 6.36. The van der Waals surface area contributed by atoms with Gasteiger partial charge in [-0.3, -0.25) is 0 Å². The van der Waals surface area contributed by atoms with Crippen molar-refractivity contribution in [2.75, 3.05) is 5.73 Å². The normalized spacial score (nSPS) is 12.8. The molecule has 0 fully saturated rings. The topological polar surface area (TPSA) is 39.2 Å². The van der Waals surface area contributed by atoms with Gasteiger partial charge in [-0.05, 0) is 40.5 Å². The molecule has 0 aliphatic heterocycles. The van der Waals surface area contributed by atoms with Crippen LogP contribution in [0, 0.1) is 6.92 Å². The Labute approximate surface area is 151 Å². The van der Waals surface area contributed by atoms with Crippen LogP contribution in [0.5, 0.6) is 0 Å². The Balaban J connectivity index is 2.45. The van der Waals surface area contributed by atoms with Crippen LogP contribution in [0.15, 0.2) is 40.8 Å². The van der Waals surface area contributed by atoms with Crippen molar-refractivity contribution in [3.63, 3.8) is 0 Å².